The maximum absolute atomic E-state index is 12.8. The molecule has 0 saturated heterocycles. The molecule has 1 saturated carbocycles. The fourth-order valence-electron chi connectivity index (χ4n) is 5.83. The fourth-order valence-corrected chi connectivity index (χ4v) is 8.30. The van der Waals surface area contributed by atoms with Crippen LogP contribution in [0.2, 0.25) is 0 Å². The SMILES string of the molecule is CC(C)[C@@H]1c2nc(NC(=O)Cc3ccc(S(=O)(=O)CCC4CCCC4)cc3)sc2CN1Cc1ccccc1. The minimum absolute atomic E-state index is 0.142. The lowest BCUT2D eigenvalue weighted by atomic mass is 10.0. The Bertz CT molecular complexity index is 1350. The van der Waals surface area contributed by atoms with E-state index in [-0.39, 0.29) is 24.1 Å². The van der Waals surface area contributed by atoms with Gasteiger partial charge >= 0.3 is 0 Å². The lowest BCUT2D eigenvalue weighted by Gasteiger charge is -2.27. The van der Waals surface area contributed by atoms with E-state index in [1.54, 1.807) is 35.6 Å². The molecule has 3 aromatic rings. The van der Waals surface area contributed by atoms with Crippen molar-refractivity contribution in [2.45, 2.75) is 76.4 Å². The van der Waals surface area contributed by atoms with E-state index >= 15 is 0 Å². The standard InChI is InChI=1S/C30H37N3O3S2/c1-21(2)29-28-26(20-33(29)19-24-10-4-3-5-11-24)37-30(32-28)31-27(34)18-23-12-14-25(15-13-23)38(35,36)17-16-22-8-6-7-9-22/h3-5,10-15,21-22,29H,6-9,16-20H2,1-2H3,(H,31,32,34)/t29-/m1/s1. The van der Waals surface area contributed by atoms with Crippen LogP contribution in [-0.4, -0.2) is 30.0 Å². The largest absolute Gasteiger partial charge is 0.302 e. The number of hydrogen-bond acceptors (Lipinski definition) is 6. The molecule has 1 aromatic heterocycles. The van der Waals surface area contributed by atoms with Gasteiger partial charge in [0, 0.05) is 18.0 Å². The molecule has 0 bridgehead atoms. The van der Waals surface area contributed by atoms with E-state index < -0.39 is 9.84 Å². The number of carbonyl (C=O) groups excluding carboxylic acids is 1. The molecule has 0 spiro atoms. The molecule has 1 amide bonds. The van der Waals surface area contributed by atoms with Gasteiger partial charge in [0.05, 0.1) is 28.8 Å². The van der Waals surface area contributed by atoms with Gasteiger partial charge in [0.1, 0.15) is 0 Å². The first-order chi connectivity index (χ1) is 18.3. The van der Waals surface area contributed by atoms with Gasteiger partial charge in [-0.2, -0.15) is 0 Å². The van der Waals surface area contributed by atoms with E-state index in [9.17, 15) is 13.2 Å². The molecule has 2 aromatic carbocycles. The maximum Gasteiger partial charge on any atom is 0.230 e. The third kappa shape index (κ3) is 6.35. The number of hydrogen-bond donors (Lipinski definition) is 1. The topological polar surface area (TPSA) is 79.4 Å². The van der Waals surface area contributed by atoms with Crippen LogP contribution < -0.4 is 5.32 Å². The summed E-state index contributed by atoms with van der Waals surface area (Å²) >= 11 is 1.55. The quantitative estimate of drug-likeness (QED) is 0.316. The summed E-state index contributed by atoms with van der Waals surface area (Å²) in [6.07, 6.45) is 5.66. The van der Waals surface area contributed by atoms with Gasteiger partial charge < -0.3 is 5.32 Å². The molecule has 2 aliphatic rings. The van der Waals surface area contributed by atoms with Crippen molar-refractivity contribution in [3.8, 4) is 0 Å². The minimum Gasteiger partial charge on any atom is -0.302 e. The third-order valence-corrected chi connectivity index (χ3v) is 10.5. The summed E-state index contributed by atoms with van der Waals surface area (Å²) in [6.45, 7) is 6.14. The van der Waals surface area contributed by atoms with Crippen LogP contribution in [0.5, 0.6) is 0 Å². The van der Waals surface area contributed by atoms with Crippen LogP contribution >= 0.6 is 11.3 Å². The number of rotatable bonds is 10. The molecule has 0 unspecified atom stereocenters. The molecule has 2 heterocycles. The van der Waals surface area contributed by atoms with Gasteiger partial charge in [0.2, 0.25) is 5.91 Å². The van der Waals surface area contributed by atoms with Crippen molar-refractivity contribution in [3.63, 3.8) is 0 Å². The van der Waals surface area contributed by atoms with Crippen molar-refractivity contribution < 1.29 is 13.2 Å². The normalized spacial score (nSPS) is 18.2. The second-order valence-electron chi connectivity index (χ2n) is 11.0. The van der Waals surface area contributed by atoms with Crippen LogP contribution in [0.25, 0.3) is 0 Å². The van der Waals surface area contributed by atoms with Gasteiger partial charge in [-0.15, -0.1) is 11.3 Å². The van der Waals surface area contributed by atoms with Gasteiger partial charge in [-0.05, 0) is 41.5 Å². The van der Waals surface area contributed by atoms with Crippen molar-refractivity contribution >= 4 is 32.2 Å². The van der Waals surface area contributed by atoms with Crippen LogP contribution in [0.4, 0.5) is 5.13 Å². The second kappa shape index (κ2) is 11.7. The van der Waals surface area contributed by atoms with Crippen molar-refractivity contribution in [3.05, 3.63) is 76.3 Å². The van der Waals surface area contributed by atoms with E-state index in [0.29, 0.717) is 21.9 Å². The average Bonchev–Trinajstić information content (AvgIpc) is 3.60. The molecule has 5 rings (SSSR count). The zero-order valence-electron chi connectivity index (χ0n) is 22.2. The second-order valence-corrected chi connectivity index (χ2v) is 14.2. The monoisotopic (exact) mass is 551 g/mol. The van der Waals surface area contributed by atoms with Gasteiger partial charge in [-0.25, -0.2) is 13.4 Å². The van der Waals surface area contributed by atoms with E-state index in [1.165, 1.54) is 23.3 Å². The number of carbonyl (C=O) groups is 1. The zero-order valence-corrected chi connectivity index (χ0v) is 23.9. The molecule has 38 heavy (non-hydrogen) atoms. The molecular weight excluding hydrogens is 514 g/mol. The Hall–Kier alpha value is -2.55. The Balaban J connectivity index is 1.17. The molecule has 202 valence electrons. The lowest BCUT2D eigenvalue weighted by molar-refractivity contribution is -0.115. The number of thiazole rings is 1. The number of benzene rings is 2. The molecule has 1 N–H and O–H groups in total. The van der Waals surface area contributed by atoms with Crippen molar-refractivity contribution in [2.75, 3.05) is 11.1 Å². The van der Waals surface area contributed by atoms with Crippen molar-refractivity contribution in [2.24, 2.45) is 11.8 Å². The fraction of sp³-hybridized carbons (Fsp3) is 0.467. The average molecular weight is 552 g/mol. The number of amides is 1. The van der Waals surface area contributed by atoms with Crippen LogP contribution in [0.3, 0.4) is 0 Å². The molecule has 8 heteroatoms. The molecule has 1 aliphatic carbocycles. The van der Waals surface area contributed by atoms with Crippen LogP contribution in [0.1, 0.15) is 73.7 Å². The number of fused-ring (bicyclic) bond motifs is 1. The van der Waals surface area contributed by atoms with Gasteiger partial charge in [0.15, 0.2) is 15.0 Å². The Morgan fingerprint density at radius 2 is 1.76 bits per heavy atom. The summed E-state index contributed by atoms with van der Waals surface area (Å²) in [5.74, 6) is 1.00. The predicted molar refractivity (Wildman–Crippen MR) is 153 cm³/mol. The number of nitrogens with one attached hydrogen (secondary N) is 1. The van der Waals surface area contributed by atoms with E-state index in [0.717, 1.165) is 43.6 Å². The number of nitrogens with zero attached hydrogens (tertiary/aromatic N) is 2. The summed E-state index contributed by atoms with van der Waals surface area (Å²) in [6, 6.07) is 17.5. The maximum atomic E-state index is 12.8. The summed E-state index contributed by atoms with van der Waals surface area (Å²) in [7, 11) is -3.29. The Labute approximate surface area is 230 Å². The molecule has 1 atom stereocenters. The highest BCUT2D eigenvalue weighted by Gasteiger charge is 2.36. The smallest absolute Gasteiger partial charge is 0.230 e. The summed E-state index contributed by atoms with van der Waals surface area (Å²) in [4.78, 5) is 21.6. The summed E-state index contributed by atoms with van der Waals surface area (Å²) in [5.41, 5.74) is 3.15. The number of sulfone groups is 1. The first kappa shape index (κ1) is 27.0. The predicted octanol–water partition coefficient (Wildman–Crippen LogP) is 6.39. The van der Waals surface area contributed by atoms with E-state index in [4.69, 9.17) is 4.98 Å². The third-order valence-electron chi connectivity index (χ3n) is 7.77. The highest BCUT2D eigenvalue weighted by atomic mass is 32.2. The highest BCUT2D eigenvalue weighted by molar-refractivity contribution is 7.91. The molecule has 1 aliphatic heterocycles. The van der Waals surface area contributed by atoms with E-state index in [1.807, 2.05) is 6.07 Å². The summed E-state index contributed by atoms with van der Waals surface area (Å²) < 4.78 is 25.5. The first-order valence-electron chi connectivity index (χ1n) is 13.7. The van der Waals surface area contributed by atoms with Gasteiger partial charge in [-0.3, -0.25) is 9.69 Å². The lowest BCUT2D eigenvalue weighted by Crippen LogP contribution is -2.26. The van der Waals surface area contributed by atoms with Gasteiger partial charge in [-0.1, -0.05) is 82.0 Å². The molecular formula is C30H37N3O3S2. The van der Waals surface area contributed by atoms with Crippen molar-refractivity contribution in [1.29, 1.82) is 0 Å². The molecule has 1 fully saturated rings. The number of anilines is 1. The molecule has 6 nitrogen and oxygen atoms in total. The zero-order chi connectivity index (χ0) is 26.7. The highest BCUT2D eigenvalue weighted by Crippen LogP contribution is 2.43. The van der Waals surface area contributed by atoms with Crippen LogP contribution in [-0.2, 0) is 34.1 Å². The van der Waals surface area contributed by atoms with Gasteiger partial charge in [0.25, 0.3) is 0 Å². The first-order valence-corrected chi connectivity index (χ1v) is 16.1. The van der Waals surface area contributed by atoms with E-state index in [2.05, 4.69) is 48.3 Å². The van der Waals surface area contributed by atoms with Crippen LogP contribution in [0, 0.1) is 11.8 Å². The Kier molecular flexibility index (Phi) is 8.31. The van der Waals surface area contributed by atoms with Crippen molar-refractivity contribution in [1.82, 2.24) is 9.88 Å². The molecule has 0 radical (unpaired) electrons. The summed E-state index contributed by atoms with van der Waals surface area (Å²) in [5, 5.41) is 3.61. The van der Waals surface area contributed by atoms with Crippen LogP contribution in [0.15, 0.2) is 59.5 Å². The minimum atomic E-state index is -3.29. The Morgan fingerprint density at radius 1 is 1.05 bits per heavy atom. The Morgan fingerprint density at radius 3 is 2.45 bits per heavy atom. The number of aromatic nitrogens is 1.